The van der Waals surface area contributed by atoms with Gasteiger partial charge in [0.25, 0.3) is 0 Å². The van der Waals surface area contributed by atoms with E-state index in [-0.39, 0.29) is 0 Å². The molecule has 0 aliphatic carbocycles. The normalized spacial score (nSPS) is 14.5. The van der Waals surface area contributed by atoms with Crippen LogP contribution in [0.4, 0.5) is 0 Å². The molecule has 1 aromatic carbocycles. The van der Waals surface area contributed by atoms with Crippen molar-refractivity contribution in [1.29, 1.82) is 0 Å². The summed E-state index contributed by atoms with van der Waals surface area (Å²) in [7, 11) is -2.62. The summed E-state index contributed by atoms with van der Waals surface area (Å²) >= 11 is 0. The van der Waals surface area contributed by atoms with E-state index >= 15 is 0 Å². The van der Waals surface area contributed by atoms with Gasteiger partial charge in [-0.1, -0.05) is 44.9 Å². The summed E-state index contributed by atoms with van der Waals surface area (Å²) in [6.45, 7) is 4.83. The van der Waals surface area contributed by atoms with Crippen LogP contribution in [0, 0.1) is 0 Å². The van der Waals surface area contributed by atoms with Gasteiger partial charge in [-0.15, -0.1) is 0 Å². The van der Waals surface area contributed by atoms with Crippen LogP contribution in [0.1, 0.15) is 39.5 Å². The van der Waals surface area contributed by atoms with Crippen molar-refractivity contribution in [3.63, 3.8) is 0 Å². The third-order valence-electron chi connectivity index (χ3n) is 2.75. The Morgan fingerprint density at radius 2 is 1.71 bits per heavy atom. The van der Waals surface area contributed by atoms with Gasteiger partial charge in [-0.25, -0.2) is 0 Å². The summed E-state index contributed by atoms with van der Waals surface area (Å²) in [5.41, 5.74) is 0. The topological polar surface area (TPSA) is 26.3 Å². The summed E-state index contributed by atoms with van der Waals surface area (Å²) in [6.07, 6.45) is 4.72. The molecule has 0 aliphatic heterocycles. The summed E-state index contributed by atoms with van der Waals surface area (Å²) in [5, 5.41) is 0.865. The Balaban J connectivity index is 2.75. The smallest absolute Gasteiger partial charge is 0.232 e. The molecule has 0 N–H and O–H groups in total. The molecule has 0 aromatic heterocycles. The standard InChI is InChI=1S/C14H23O2P/c1-3-5-12-16-17(15,13-6-4-2)14-10-8-7-9-11-14/h7-11H,3-6,12-13H2,1-2H3. The first kappa shape index (κ1) is 14.5. The fourth-order valence-electron chi connectivity index (χ4n) is 1.65. The minimum absolute atomic E-state index is 0.604. The maximum Gasteiger partial charge on any atom is 0.232 e. The van der Waals surface area contributed by atoms with Gasteiger partial charge >= 0.3 is 0 Å². The monoisotopic (exact) mass is 254 g/mol. The van der Waals surface area contributed by atoms with E-state index < -0.39 is 7.37 Å². The molecule has 0 saturated carbocycles. The number of hydrogen-bond donors (Lipinski definition) is 0. The van der Waals surface area contributed by atoms with Crippen LogP contribution < -0.4 is 5.30 Å². The van der Waals surface area contributed by atoms with E-state index in [0.29, 0.717) is 12.8 Å². The van der Waals surface area contributed by atoms with Crippen LogP contribution in [0.5, 0.6) is 0 Å². The van der Waals surface area contributed by atoms with Gasteiger partial charge in [0.15, 0.2) is 0 Å². The van der Waals surface area contributed by atoms with Gasteiger partial charge < -0.3 is 4.52 Å². The molecule has 0 aliphatic rings. The van der Waals surface area contributed by atoms with Gasteiger partial charge in [0.1, 0.15) is 0 Å². The fourth-order valence-corrected chi connectivity index (χ4v) is 3.97. The first-order valence-electron chi connectivity index (χ1n) is 6.52. The van der Waals surface area contributed by atoms with Crippen molar-refractivity contribution in [3.05, 3.63) is 30.3 Å². The lowest BCUT2D eigenvalue weighted by molar-refractivity contribution is 0.312. The lowest BCUT2D eigenvalue weighted by Crippen LogP contribution is -2.11. The average molecular weight is 254 g/mol. The van der Waals surface area contributed by atoms with Crippen LogP contribution in [0.15, 0.2) is 30.3 Å². The maximum absolute atomic E-state index is 12.8. The zero-order valence-electron chi connectivity index (χ0n) is 10.9. The third-order valence-corrected chi connectivity index (χ3v) is 5.34. The molecule has 0 radical (unpaired) electrons. The van der Waals surface area contributed by atoms with Gasteiger partial charge in [-0.05, 0) is 25.0 Å². The molecule has 0 heterocycles. The van der Waals surface area contributed by atoms with E-state index in [1.54, 1.807) is 0 Å². The zero-order chi connectivity index (χ0) is 12.6. The second kappa shape index (κ2) is 7.68. The first-order chi connectivity index (χ1) is 8.23. The summed E-state index contributed by atoms with van der Waals surface area (Å²) < 4.78 is 18.5. The molecule has 2 nitrogen and oxygen atoms in total. The van der Waals surface area contributed by atoms with E-state index in [9.17, 15) is 4.57 Å². The molecule has 17 heavy (non-hydrogen) atoms. The van der Waals surface area contributed by atoms with Crippen molar-refractivity contribution in [1.82, 2.24) is 0 Å². The zero-order valence-corrected chi connectivity index (χ0v) is 11.8. The van der Waals surface area contributed by atoms with Crippen molar-refractivity contribution < 1.29 is 9.09 Å². The Morgan fingerprint density at radius 1 is 1.06 bits per heavy atom. The molecule has 3 heteroatoms. The molecular weight excluding hydrogens is 231 g/mol. The summed E-state index contributed by atoms with van der Waals surface area (Å²) in [4.78, 5) is 0. The molecule has 96 valence electrons. The SMILES string of the molecule is CCCCOP(=O)(CCCC)c1ccccc1. The van der Waals surface area contributed by atoms with Gasteiger partial charge in [0, 0.05) is 11.5 Å². The van der Waals surface area contributed by atoms with Crippen LogP contribution in [-0.2, 0) is 9.09 Å². The van der Waals surface area contributed by atoms with E-state index in [0.717, 1.165) is 31.0 Å². The number of rotatable bonds is 8. The Hall–Kier alpha value is -0.590. The molecule has 1 unspecified atom stereocenters. The third kappa shape index (κ3) is 4.65. The maximum atomic E-state index is 12.8. The number of benzene rings is 1. The highest BCUT2D eigenvalue weighted by molar-refractivity contribution is 7.67. The minimum Gasteiger partial charge on any atom is -0.325 e. The second-order valence-corrected chi connectivity index (χ2v) is 6.84. The lowest BCUT2D eigenvalue weighted by Gasteiger charge is -2.18. The predicted octanol–water partition coefficient (Wildman–Crippen LogP) is 4.21. The second-order valence-electron chi connectivity index (χ2n) is 4.27. The number of hydrogen-bond acceptors (Lipinski definition) is 2. The Bertz CT molecular complexity index is 348. The fraction of sp³-hybridized carbons (Fsp3) is 0.571. The summed E-state index contributed by atoms with van der Waals surface area (Å²) in [6, 6.07) is 9.64. The summed E-state index contributed by atoms with van der Waals surface area (Å²) in [5.74, 6) is 0. The molecule has 0 amide bonds. The lowest BCUT2D eigenvalue weighted by atomic mass is 10.4. The molecule has 1 aromatic rings. The van der Waals surface area contributed by atoms with Gasteiger partial charge in [-0.2, -0.15) is 0 Å². The van der Waals surface area contributed by atoms with Gasteiger partial charge in [0.2, 0.25) is 7.37 Å². The molecule has 0 bridgehead atoms. The Labute approximate surface area is 105 Å². The Morgan fingerprint density at radius 3 is 2.29 bits per heavy atom. The van der Waals surface area contributed by atoms with Crippen LogP contribution in [0.2, 0.25) is 0 Å². The molecule has 0 fully saturated rings. The van der Waals surface area contributed by atoms with E-state index in [4.69, 9.17) is 4.52 Å². The van der Waals surface area contributed by atoms with Crippen molar-refractivity contribution in [2.45, 2.75) is 39.5 Å². The average Bonchev–Trinajstić information content (AvgIpc) is 2.38. The van der Waals surface area contributed by atoms with Crippen molar-refractivity contribution in [2.24, 2.45) is 0 Å². The van der Waals surface area contributed by atoms with Crippen LogP contribution in [0.3, 0.4) is 0 Å². The predicted molar refractivity (Wildman–Crippen MR) is 74.3 cm³/mol. The molecule has 0 saturated heterocycles. The number of unbranched alkanes of at least 4 members (excludes halogenated alkanes) is 2. The first-order valence-corrected chi connectivity index (χ1v) is 8.33. The van der Waals surface area contributed by atoms with Crippen LogP contribution in [0.25, 0.3) is 0 Å². The highest BCUT2D eigenvalue weighted by Crippen LogP contribution is 2.46. The van der Waals surface area contributed by atoms with E-state index in [1.807, 2.05) is 30.3 Å². The molecule has 1 atom stereocenters. The quantitative estimate of drug-likeness (QED) is 0.513. The largest absolute Gasteiger partial charge is 0.325 e. The van der Waals surface area contributed by atoms with Crippen LogP contribution >= 0.6 is 7.37 Å². The van der Waals surface area contributed by atoms with Crippen molar-refractivity contribution >= 4 is 12.7 Å². The highest BCUT2D eigenvalue weighted by atomic mass is 31.2. The minimum atomic E-state index is -2.62. The van der Waals surface area contributed by atoms with E-state index in [1.165, 1.54) is 0 Å². The van der Waals surface area contributed by atoms with Crippen LogP contribution in [-0.4, -0.2) is 12.8 Å². The van der Waals surface area contributed by atoms with Gasteiger partial charge in [0.05, 0.1) is 6.61 Å². The van der Waals surface area contributed by atoms with Gasteiger partial charge in [-0.3, -0.25) is 4.57 Å². The molecule has 0 spiro atoms. The van der Waals surface area contributed by atoms with Crippen molar-refractivity contribution in [3.8, 4) is 0 Å². The highest BCUT2D eigenvalue weighted by Gasteiger charge is 2.24. The molecule has 1 rings (SSSR count). The Kier molecular flexibility index (Phi) is 6.54. The van der Waals surface area contributed by atoms with Crippen molar-refractivity contribution in [2.75, 3.05) is 12.8 Å². The van der Waals surface area contributed by atoms with E-state index in [2.05, 4.69) is 13.8 Å². The molecular formula is C14H23O2P.